The van der Waals surface area contributed by atoms with Crippen molar-refractivity contribution in [2.75, 3.05) is 18.0 Å². The van der Waals surface area contributed by atoms with Gasteiger partial charge >= 0.3 is 6.03 Å². The largest absolute Gasteiger partial charge is 0.357 e. The highest BCUT2D eigenvalue weighted by molar-refractivity contribution is 5.74. The first-order valence-corrected chi connectivity index (χ1v) is 9.59. The van der Waals surface area contributed by atoms with E-state index in [4.69, 9.17) is 0 Å². The lowest BCUT2D eigenvalue weighted by Gasteiger charge is -2.19. The Morgan fingerprint density at radius 1 is 1.12 bits per heavy atom. The van der Waals surface area contributed by atoms with Crippen molar-refractivity contribution in [1.82, 2.24) is 15.6 Å². The van der Waals surface area contributed by atoms with E-state index in [-0.39, 0.29) is 12.1 Å². The van der Waals surface area contributed by atoms with Crippen LogP contribution in [0.2, 0.25) is 0 Å². The van der Waals surface area contributed by atoms with Gasteiger partial charge in [-0.15, -0.1) is 0 Å². The lowest BCUT2D eigenvalue weighted by molar-refractivity contribution is 0.235. The van der Waals surface area contributed by atoms with Crippen LogP contribution in [0.1, 0.15) is 42.9 Å². The summed E-state index contributed by atoms with van der Waals surface area (Å²) in [4.78, 5) is 19.2. The number of carbonyl (C=O) groups is 1. The van der Waals surface area contributed by atoms with Gasteiger partial charge in [0.05, 0.1) is 6.04 Å². The Hall–Kier alpha value is -2.56. The Bertz CT molecular complexity index is 721. The highest BCUT2D eigenvalue weighted by Gasteiger charge is 2.33. The average Bonchev–Trinajstić information content (AvgIpc) is 3.38. The predicted molar refractivity (Wildman–Crippen MR) is 103 cm³/mol. The second-order valence-corrected chi connectivity index (χ2v) is 7.27. The summed E-state index contributed by atoms with van der Waals surface area (Å²) in [7, 11) is 0. The molecule has 4 rings (SSSR count). The van der Waals surface area contributed by atoms with E-state index in [1.165, 1.54) is 31.2 Å². The Morgan fingerprint density at radius 2 is 1.88 bits per heavy atom. The molecule has 2 aromatic rings. The first-order valence-electron chi connectivity index (χ1n) is 9.59. The Kier molecular flexibility index (Phi) is 5.04. The minimum Gasteiger partial charge on any atom is -0.357 e. The number of carbonyl (C=O) groups excluding carboxylic acids is 1. The molecule has 2 amide bonds. The van der Waals surface area contributed by atoms with Crippen LogP contribution in [-0.2, 0) is 6.54 Å². The maximum atomic E-state index is 12.4. The number of hydrogen-bond acceptors (Lipinski definition) is 3. The third-order valence-electron chi connectivity index (χ3n) is 5.23. The van der Waals surface area contributed by atoms with Gasteiger partial charge in [-0.3, -0.25) is 0 Å². The Balaban J connectivity index is 1.30. The minimum atomic E-state index is -0.116. The van der Waals surface area contributed by atoms with Gasteiger partial charge in [-0.25, -0.2) is 9.78 Å². The maximum Gasteiger partial charge on any atom is 0.315 e. The van der Waals surface area contributed by atoms with Gasteiger partial charge in [-0.1, -0.05) is 36.4 Å². The molecule has 1 saturated heterocycles. The van der Waals surface area contributed by atoms with Crippen molar-refractivity contribution in [3.8, 4) is 0 Å². The predicted octanol–water partition coefficient (Wildman–Crippen LogP) is 3.63. The van der Waals surface area contributed by atoms with Gasteiger partial charge in [0.2, 0.25) is 0 Å². The number of rotatable bonds is 6. The second-order valence-electron chi connectivity index (χ2n) is 7.27. The molecule has 26 heavy (non-hydrogen) atoms. The minimum absolute atomic E-state index is 0.104. The van der Waals surface area contributed by atoms with Crippen LogP contribution >= 0.6 is 0 Å². The number of urea groups is 1. The van der Waals surface area contributed by atoms with Crippen molar-refractivity contribution in [3.63, 3.8) is 0 Å². The molecule has 0 bridgehead atoms. The maximum absolute atomic E-state index is 12.4. The van der Waals surface area contributed by atoms with E-state index in [1.54, 1.807) is 0 Å². The molecule has 2 fully saturated rings. The first kappa shape index (κ1) is 16.9. The molecule has 2 N–H and O–H groups in total. The number of aromatic nitrogens is 1. The number of amides is 2. The second kappa shape index (κ2) is 7.77. The standard InChI is InChI=1S/C21H26N4O/c26-21(24-20(18-9-10-18)17-6-2-1-3-7-17)23-15-16-8-11-19(22-14-16)25-12-4-5-13-25/h1-3,6-8,11,14,18,20H,4-5,9-10,12-13,15H2,(H2,23,24,26). The van der Waals surface area contributed by atoms with Crippen molar-refractivity contribution in [3.05, 3.63) is 59.8 Å². The highest BCUT2D eigenvalue weighted by atomic mass is 16.2. The average molecular weight is 350 g/mol. The van der Waals surface area contributed by atoms with Crippen molar-refractivity contribution in [2.45, 2.75) is 38.3 Å². The zero-order chi connectivity index (χ0) is 17.8. The van der Waals surface area contributed by atoms with E-state index in [0.29, 0.717) is 12.5 Å². The number of pyridine rings is 1. The zero-order valence-corrected chi connectivity index (χ0v) is 15.0. The number of anilines is 1. The third-order valence-corrected chi connectivity index (χ3v) is 5.23. The van der Waals surface area contributed by atoms with E-state index in [9.17, 15) is 4.79 Å². The van der Waals surface area contributed by atoms with Crippen LogP contribution in [0.25, 0.3) is 0 Å². The molecule has 1 atom stereocenters. The van der Waals surface area contributed by atoms with Crippen LogP contribution in [0.15, 0.2) is 48.7 Å². The fraction of sp³-hybridized carbons (Fsp3) is 0.429. The molecule has 2 heterocycles. The third kappa shape index (κ3) is 4.15. The Morgan fingerprint density at radius 3 is 2.54 bits per heavy atom. The summed E-state index contributed by atoms with van der Waals surface area (Å²) in [5, 5.41) is 6.11. The van der Waals surface area contributed by atoms with E-state index < -0.39 is 0 Å². The number of nitrogens with zero attached hydrogens (tertiary/aromatic N) is 2. The normalized spacial score (nSPS) is 17.8. The van der Waals surface area contributed by atoms with Crippen molar-refractivity contribution < 1.29 is 4.79 Å². The first-order chi connectivity index (χ1) is 12.8. The fourth-order valence-corrected chi connectivity index (χ4v) is 3.59. The molecule has 0 radical (unpaired) electrons. The quantitative estimate of drug-likeness (QED) is 0.836. The highest BCUT2D eigenvalue weighted by Crippen LogP contribution is 2.40. The summed E-state index contributed by atoms with van der Waals surface area (Å²) in [6.07, 6.45) is 6.72. The van der Waals surface area contributed by atoms with Crippen molar-refractivity contribution in [1.29, 1.82) is 0 Å². The molecule has 5 nitrogen and oxygen atoms in total. The molecule has 2 aliphatic rings. The van der Waals surface area contributed by atoms with Crippen LogP contribution in [0.3, 0.4) is 0 Å². The Labute approximate surface area is 154 Å². The summed E-state index contributed by atoms with van der Waals surface area (Å²) < 4.78 is 0. The van der Waals surface area contributed by atoms with Gasteiger partial charge < -0.3 is 15.5 Å². The van der Waals surface area contributed by atoms with Crippen LogP contribution in [0.5, 0.6) is 0 Å². The van der Waals surface area contributed by atoms with Crippen molar-refractivity contribution >= 4 is 11.8 Å². The van der Waals surface area contributed by atoms with E-state index >= 15 is 0 Å². The number of benzene rings is 1. The van der Waals surface area contributed by atoms with Crippen LogP contribution < -0.4 is 15.5 Å². The number of nitrogens with one attached hydrogen (secondary N) is 2. The molecule has 1 saturated carbocycles. The summed E-state index contributed by atoms with van der Waals surface area (Å²) >= 11 is 0. The molecule has 1 aromatic heterocycles. The molecule has 136 valence electrons. The molecule has 0 spiro atoms. The van der Waals surface area contributed by atoms with Gasteiger partial charge in [-0.2, -0.15) is 0 Å². The SMILES string of the molecule is O=C(NCc1ccc(N2CCCC2)nc1)NC(c1ccccc1)C1CC1. The van der Waals surface area contributed by atoms with Gasteiger partial charge in [0.1, 0.15) is 5.82 Å². The molecule has 1 aliphatic carbocycles. The molecular weight excluding hydrogens is 324 g/mol. The van der Waals surface area contributed by atoms with E-state index in [2.05, 4.69) is 44.8 Å². The lowest BCUT2D eigenvalue weighted by atomic mass is 10.0. The smallest absolute Gasteiger partial charge is 0.315 e. The summed E-state index contributed by atoms with van der Waals surface area (Å²) in [5.41, 5.74) is 2.20. The van der Waals surface area contributed by atoms with E-state index in [1.807, 2.05) is 24.4 Å². The van der Waals surface area contributed by atoms with Crippen LogP contribution in [-0.4, -0.2) is 24.1 Å². The van der Waals surface area contributed by atoms with Crippen LogP contribution in [0.4, 0.5) is 10.6 Å². The topological polar surface area (TPSA) is 57.3 Å². The van der Waals surface area contributed by atoms with Crippen molar-refractivity contribution in [2.24, 2.45) is 5.92 Å². The molecule has 5 heteroatoms. The van der Waals surface area contributed by atoms with Gasteiger partial charge in [0, 0.05) is 25.8 Å². The van der Waals surface area contributed by atoms with Gasteiger partial charge in [0.25, 0.3) is 0 Å². The summed E-state index contributed by atoms with van der Waals surface area (Å²) in [6, 6.07) is 14.3. The molecule has 1 aliphatic heterocycles. The fourth-order valence-electron chi connectivity index (χ4n) is 3.59. The van der Waals surface area contributed by atoms with Gasteiger partial charge in [0.15, 0.2) is 0 Å². The molecule has 1 unspecified atom stereocenters. The molecular formula is C21H26N4O. The zero-order valence-electron chi connectivity index (χ0n) is 15.0. The lowest BCUT2D eigenvalue weighted by Crippen LogP contribution is -2.38. The van der Waals surface area contributed by atoms with E-state index in [0.717, 1.165) is 24.5 Å². The number of hydrogen-bond donors (Lipinski definition) is 2. The monoisotopic (exact) mass is 350 g/mol. The summed E-state index contributed by atoms with van der Waals surface area (Å²) in [6.45, 7) is 2.68. The van der Waals surface area contributed by atoms with Crippen LogP contribution in [0, 0.1) is 5.92 Å². The van der Waals surface area contributed by atoms with Gasteiger partial charge in [-0.05, 0) is 48.8 Å². The molecule has 1 aromatic carbocycles. The summed E-state index contributed by atoms with van der Waals surface area (Å²) in [5.74, 6) is 1.60.